The van der Waals surface area contributed by atoms with Crippen molar-refractivity contribution in [3.63, 3.8) is 0 Å². The van der Waals surface area contributed by atoms with Crippen molar-refractivity contribution in [1.29, 1.82) is 0 Å². The third-order valence-electron chi connectivity index (χ3n) is 1.39. The molecule has 0 amide bonds. The number of hydrogen-bond acceptors (Lipinski definition) is 3. The summed E-state index contributed by atoms with van der Waals surface area (Å²) in [6, 6.07) is 0. The lowest BCUT2D eigenvalue weighted by atomic mass is 10.3. The minimum atomic E-state index is -1.67. The molecule has 0 aliphatic carbocycles. The molecular weight excluding hydrogens is 290 g/mol. The molecule has 0 spiro atoms. The zero-order valence-corrected chi connectivity index (χ0v) is 9.75. The molecule has 4 nitrogen and oxygen atoms in total. The highest BCUT2D eigenvalue weighted by Crippen LogP contribution is 2.49. The third-order valence-corrected chi connectivity index (χ3v) is 3.16. The number of rotatable bonds is 1. The Kier molecular flexibility index (Phi) is 3.78. The SMILES string of the molecule is O=C(O)Oc1c(O)c(Cl)c(Cl)c(Cl)c1Cl. The number of hydrogen-bond donors (Lipinski definition) is 2. The zero-order valence-electron chi connectivity index (χ0n) is 6.72. The van der Waals surface area contributed by atoms with Gasteiger partial charge >= 0.3 is 6.16 Å². The molecule has 82 valence electrons. The highest BCUT2D eigenvalue weighted by molar-refractivity contribution is 6.53. The first-order valence-electron chi connectivity index (χ1n) is 3.32. The van der Waals surface area contributed by atoms with Crippen molar-refractivity contribution >= 4 is 52.6 Å². The summed E-state index contributed by atoms with van der Waals surface area (Å²) in [5.41, 5.74) is 0. The van der Waals surface area contributed by atoms with Crippen molar-refractivity contribution < 1.29 is 19.7 Å². The van der Waals surface area contributed by atoms with Crippen molar-refractivity contribution in [3.8, 4) is 11.5 Å². The summed E-state index contributed by atoms with van der Waals surface area (Å²) in [4.78, 5) is 10.3. The molecule has 8 heteroatoms. The molecule has 2 N–H and O–H groups in total. The second-order valence-electron chi connectivity index (χ2n) is 2.30. The van der Waals surface area contributed by atoms with Crippen LogP contribution in [0.5, 0.6) is 11.5 Å². The van der Waals surface area contributed by atoms with Gasteiger partial charge in [0.25, 0.3) is 0 Å². The Hall–Kier alpha value is -0.550. The van der Waals surface area contributed by atoms with Crippen molar-refractivity contribution in [2.75, 3.05) is 0 Å². The second-order valence-corrected chi connectivity index (χ2v) is 3.81. The fourth-order valence-electron chi connectivity index (χ4n) is 0.780. The Morgan fingerprint density at radius 1 is 1.00 bits per heavy atom. The number of carboxylic acid groups (broad SMARTS) is 1. The van der Waals surface area contributed by atoms with E-state index < -0.39 is 17.7 Å². The number of aromatic hydroxyl groups is 1. The van der Waals surface area contributed by atoms with Crippen LogP contribution >= 0.6 is 46.4 Å². The topological polar surface area (TPSA) is 66.8 Å². The number of phenols is 1. The van der Waals surface area contributed by atoms with Crippen LogP contribution in [0.4, 0.5) is 4.79 Å². The summed E-state index contributed by atoms with van der Waals surface area (Å²) in [6.07, 6.45) is -1.67. The normalized spacial score (nSPS) is 10.1. The highest BCUT2D eigenvalue weighted by atomic mass is 35.5. The van der Waals surface area contributed by atoms with Crippen molar-refractivity contribution in [2.45, 2.75) is 0 Å². The number of halogens is 4. The molecule has 0 atom stereocenters. The molecule has 0 aliphatic rings. The van der Waals surface area contributed by atoms with Crippen LogP contribution in [0.25, 0.3) is 0 Å². The first kappa shape index (κ1) is 12.5. The molecule has 0 saturated heterocycles. The molecule has 1 aromatic carbocycles. The van der Waals surface area contributed by atoms with E-state index in [0.717, 1.165) is 0 Å². The quantitative estimate of drug-likeness (QED) is 0.354. The van der Waals surface area contributed by atoms with Gasteiger partial charge < -0.3 is 14.9 Å². The molecule has 0 unspecified atom stereocenters. The van der Waals surface area contributed by atoms with Gasteiger partial charge in [0.05, 0.1) is 10.0 Å². The summed E-state index contributed by atoms with van der Waals surface area (Å²) in [5.74, 6) is -1.23. The summed E-state index contributed by atoms with van der Waals surface area (Å²) >= 11 is 22.3. The van der Waals surface area contributed by atoms with Crippen molar-refractivity contribution in [1.82, 2.24) is 0 Å². The summed E-state index contributed by atoms with van der Waals surface area (Å²) in [7, 11) is 0. The van der Waals surface area contributed by atoms with E-state index in [1.54, 1.807) is 0 Å². The maximum absolute atomic E-state index is 10.3. The van der Waals surface area contributed by atoms with E-state index in [4.69, 9.17) is 51.5 Å². The molecule has 1 aromatic rings. The van der Waals surface area contributed by atoms with E-state index in [2.05, 4.69) is 4.74 Å². The van der Waals surface area contributed by atoms with Crippen LogP contribution in [0.2, 0.25) is 20.1 Å². The smallest absolute Gasteiger partial charge is 0.503 e. The summed E-state index contributed by atoms with van der Waals surface area (Å²) in [5, 5.41) is 16.7. The Morgan fingerprint density at radius 2 is 1.47 bits per heavy atom. The Labute approximate surface area is 104 Å². The Morgan fingerprint density at radius 3 is 1.93 bits per heavy atom. The molecule has 15 heavy (non-hydrogen) atoms. The number of carbonyl (C=O) groups is 1. The van der Waals surface area contributed by atoms with E-state index in [9.17, 15) is 9.90 Å². The fraction of sp³-hybridized carbons (Fsp3) is 0. The van der Waals surface area contributed by atoms with Crippen LogP contribution in [0, 0.1) is 0 Å². The van der Waals surface area contributed by atoms with Gasteiger partial charge in [-0.05, 0) is 0 Å². The Bertz CT molecular complexity index is 402. The van der Waals surface area contributed by atoms with Gasteiger partial charge in [-0.25, -0.2) is 4.79 Å². The predicted molar refractivity (Wildman–Crippen MR) is 56.8 cm³/mol. The molecule has 0 saturated carbocycles. The van der Waals surface area contributed by atoms with E-state index in [0.29, 0.717) is 0 Å². The van der Waals surface area contributed by atoms with Crippen LogP contribution in [0.15, 0.2) is 0 Å². The van der Waals surface area contributed by atoms with Gasteiger partial charge in [-0.3, -0.25) is 0 Å². The molecule has 0 aliphatic heterocycles. The van der Waals surface area contributed by atoms with Crippen molar-refractivity contribution in [2.24, 2.45) is 0 Å². The van der Waals surface area contributed by atoms with Crippen LogP contribution < -0.4 is 4.74 Å². The van der Waals surface area contributed by atoms with Crippen LogP contribution in [0.1, 0.15) is 0 Å². The first-order valence-corrected chi connectivity index (χ1v) is 4.83. The molecule has 0 fully saturated rings. The average Bonchev–Trinajstić information content (AvgIpc) is 2.18. The monoisotopic (exact) mass is 290 g/mol. The lowest BCUT2D eigenvalue weighted by Crippen LogP contribution is -2.04. The average molecular weight is 292 g/mol. The second kappa shape index (κ2) is 4.53. The zero-order chi connectivity index (χ0) is 11.7. The fourth-order valence-corrected chi connectivity index (χ4v) is 1.64. The van der Waals surface area contributed by atoms with E-state index in [1.165, 1.54) is 0 Å². The molecule has 0 bridgehead atoms. The standard InChI is InChI=1S/C7H2Cl4O4/c8-1-2(9)4(11)6(15-7(13)14)5(12)3(1)10/h12H,(H,13,14). The van der Waals surface area contributed by atoms with E-state index in [1.807, 2.05) is 0 Å². The predicted octanol–water partition coefficient (Wildman–Crippen LogP) is 4.06. The van der Waals surface area contributed by atoms with Crippen molar-refractivity contribution in [3.05, 3.63) is 20.1 Å². The van der Waals surface area contributed by atoms with E-state index >= 15 is 0 Å². The minimum Gasteiger partial charge on any atom is -0.503 e. The van der Waals surface area contributed by atoms with Gasteiger partial charge in [0, 0.05) is 0 Å². The molecule has 0 radical (unpaired) electrons. The number of benzene rings is 1. The van der Waals surface area contributed by atoms with Gasteiger partial charge in [0.15, 0.2) is 11.5 Å². The van der Waals surface area contributed by atoms with Crippen LogP contribution in [-0.2, 0) is 0 Å². The lowest BCUT2D eigenvalue weighted by Gasteiger charge is -2.10. The minimum absolute atomic E-state index is 0.182. The molecule has 0 aromatic heterocycles. The summed E-state index contributed by atoms with van der Waals surface area (Å²) < 4.78 is 4.20. The van der Waals surface area contributed by atoms with Gasteiger partial charge in [0.1, 0.15) is 10.0 Å². The maximum Gasteiger partial charge on any atom is 0.511 e. The van der Waals surface area contributed by atoms with Gasteiger partial charge in [0.2, 0.25) is 0 Å². The van der Waals surface area contributed by atoms with Gasteiger partial charge in [-0.2, -0.15) is 0 Å². The first-order chi connectivity index (χ1) is 6.86. The third kappa shape index (κ3) is 2.34. The largest absolute Gasteiger partial charge is 0.511 e. The molecular formula is C7H2Cl4O4. The van der Waals surface area contributed by atoms with Crippen LogP contribution in [0.3, 0.4) is 0 Å². The Balaban J connectivity index is 3.45. The van der Waals surface area contributed by atoms with Gasteiger partial charge in [-0.15, -0.1) is 0 Å². The molecule has 1 rings (SSSR count). The number of phenolic OH excluding ortho intramolecular Hbond substituents is 1. The lowest BCUT2D eigenvalue weighted by molar-refractivity contribution is 0.143. The summed E-state index contributed by atoms with van der Waals surface area (Å²) in [6.45, 7) is 0. The van der Waals surface area contributed by atoms with Crippen LogP contribution in [-0.4, -0.2) is 16.4 Å². The van der Waals surface area contributed by atoms with E-state index in [-0.39, 0.29) is 20.1 Å². The molecule has 0 heterocycles. The number of ether oxygens (including phenoxy) is 1. The maximum atomic E-state index is 10.3. The van der Waals surface area contributed by atoms with Gasteiger partial charge in [-0.1, -0.05) is 46.4 Å². The highest BCUT2D eigenvalue weighted by Gasteiger charge is 2.22.